The molecule has 0 fully saturated rings. The van der Waals surface area contributed by atoms with Gasteiger partial charge in [0.1, 0.15) is 19.2 Å². The molecule has 1 unspecified atom stereocenters. The van der Waals surface area contributed by atoms with E-state index >= 15 is 0 Å². The van der Waals surface area contributed by atoms with E-state index < -0.39 is 29.9 Å². The van der Waals surface area contributed by atoms with Gasteiger partial charge in [-0.2, -0.15) is 0 Å². The molecule has 1 atom stereocenters. The quantitative estimate of drug-likeness (QED) is 0.533. The summed E-state index contributed by atoms with van der Waals surface area (Å²) < 4.78 is 5.36. The van der Waals surface area contributed by atoms with Crippen molar-refractivity contribution in [1.29, 1.82) is 0 Å². The van der Waals surface area contributed by atoms with Gasteiger partial charge in [-0.3, -0.25) is 9.59 Å². The molecule has 0 heterocycles. The Morgan fingerprint density at radius 1 is 0.970 bits per heavy atom. The van der Waals surface area contributed by atoms with Crippen molar-refractivity contribution in [1.82, 2.24) is 15.5 Å². The van der Waals surface area contributed by atoms with Crippen molar-refractivity contribution < 1.29 is 29.0 Å². The van der Waals surface area contributed by atoms with Crippen LogP contribution in [0.3, 0.4) is 0 Å². The van der Waals surface area contributed by atoms with Crippen molar-refractivity contribution in [2.45, 2.75) is 25.3 Å². The zero-order valence-electron chi connectivity index (χ0n) is 18.5. The van der Waals surface area contributed by atoms with E-state index in [1.165, 1.54) is 7.05 Å². The fourth-order valence-corrected chi connectivity index (χ4v) is 3.95. The van der Waals surface area contributed by atoms with Gasteiger partial charge in [0.05, 0.1) is 6.54 Å². The minimum absolute atomic E-state index is 0.0918. The molecular formula is C24H27N3O6. The molecule has 0 spiro atoms. The summed E-state index contributed by atoms with van der Waals surface area (Å²) >= 11 is 0. The molecule has 0 saturated carbocycles. The summed E-state index contributed by atoms with van der Waals surface area (Å²) in [5.41, 5.74) is 4.39. The van der Waals surface area contributed by atoms with Crippen molar-refractivity contribution >= 4 is 23.9 Å². The molecule has 33 heavy (non-hydrogen) atoms. The Labute approximate surface area is 191 Å². The molecule has 3 amide bonds. The van der Waals surface area contributed by atoms with Crippen molar-refractivity contribution in [2.24, 2.45) is 0 Å². The standard InChI is InChI=1S/C24H27N3O6/c1-3-20(23(30)31)27(2)22(29)13-25-21(28)12-26-24(32)33-14-19-17-10-6-4-8-15(17)16-9-5-7-11-18(16)19/h4-11,19-20H,3,12-14H2,1-2H3,(H,25,28)(H,26,32)(H,30,31). The smallest absolute Gasteiger partial charge is 0.407 e. The average molecular weight is 453 g/mol. The van der Waals surface area contributed by atoms with Gasteiger partial charge in [-0.1, -0.05) is 55.5 Å². The van der Waals surface area contributed by atoms with E-state index in [1.54, 1.807) is 6.92 Å². The van der Waals surface area contributed by atoms with E-state index in [0.717, 1.165) is 27.2 Å². The van der Waals surface area contributed by atoms with Crippen LogP contribution in [0.15, 0.2) is 48.5 Å². The Bertz CT molecular complexity index is 1010. The van der Waals surface area contributed by atoms with Crippen LogP contribution in [-0.4, -0.2) is 66.7 Å². The summed E-state index contributed by atoms with van der Waals surface area (Å²) in [6.45, 7) is 1.03. The third kappa shape index (κ3) is 5.49. The van der Waals surface area contributed by atoms with Crippen LogP contribution in [0.25, 0.3) is 11.1 Å². The number of aliphatic carboxylic acids is 1. The van der Waals surface area contributed by atoms with Crippen LogP contribution in [0.2, 0.25) is 0 Å². The van der Waals surface area contributed by atoms with E-state index in [0.29, 0.717) is 0 Å². The summed E-state index contributed by atoms with van der Waals surface area (Å²) in [5.74, 6) is -2.34. The molecule has 0 aromatic heterocycles. The first-order valence-corrected chi connectivity index (χ1v) is 10.7. The van der Waals surface area contributed by atoms with Gasteiger partial charge in [-0.05, 0) is 28.7 Å². The lowest BCUT2D eigenvalue weighted by atomic mass is 9.98. The maximum Gasteiger partial charge on any atom is 0.407 e. The number of carbonyl (C=O) groups is 4. The Balaban J connectivity index is 1.45. The third-order valence-corrected chi connectivity index (χ3v) is 5.71. The molecule has 2 aromatic rings. The molecule has 2 aromatic carbocycles. The van der Waals surface area contributed by atoms with E-state index in [2.05, 4.69) is 10.6 Å². The molecule has 3 rings (SSSR count). The number of alkyl carbamates (subject to hydrolysis) is 1. The van der Waals surface area contributed by atoms with E-state index in [4.69, 9.17) is 9.84 Å². The number of rotatable bonds is 9. The fourth-order valence-electron chi connectivity index (χ4n) is 3.95. The SMILES string of the molecule is CCC(C(=O)O)N(C)C(=O)CNC(=O)CNC(=O)OCC1c2ccccc2-c2ccccc21. The lowest BCUT2D eigenvalue weighted by Gasteiger charge is -2.23. The molecular weight excluding hydrogens is 426 g/mol. The zero-order chi connectivity index (χ0) is 24.0. The number of carbonyl (C=O) groups excluding carboxylic acids is 3. The van der Waals surface area contributed by atoms with Crippen LogP contribution < -0.4 is 10.6 Å². The molecule has 9 nitrogen and oxygen atoms in total. The first-order chi connectivity index (χ1) is 15.8. The summed E-state index contributed by atoms with van der Waals surface area (Å²) in [6, 6.07) is 15.0. The number of nitrogens with one attached hydrogen (secondary N) is 2. The van der Waals surface area contributed by atoms with Crippen LogP contribution in [0, 0.1) is 0 Å². The van der Waals surface area contributed by atoms with Gasteiger partial charge in [0.15, 0.2) is 0 Å². The van der Waals surface area contributed by atoms with Gasteiger partial charge in [-0.15, -0.1) is 0 Å². The Hall–Kier alpha value is -3.88. The normalized spacial score (nSPS) is 12.8. The van der Waals surface area contributed by atoms with Gasteiger partial charge < -0.3 is 25.4 Å². The molecule has 1 aliphatic carbocycles. The van der Waals surface area contributed by atoms with Gasteiger partial charge in [-0.25, -0.2) is 9.59 Å². The fraction of sp³-hybridized carbons (Fsp3) is 0.333. The average Bonchev–Trinajstić information content (AvgIpc) is 3.13. The highest BCUT2D eigenvalue weighted by Crippen LogP contribution is 2.44. The number of hydrogen-bond donors (Lipinski definition) is 3. The minimum Gasteiger partial charge on any atom is -0.480 e. The number of likely N-dealkylation sites (N-methyl/N-ethyl adjacent to an activating group) is 1. The Kier molecular flexibility index (Phi) is 7.66. The molecule has 0 radical (unpaired) electrons. The van der Waals surface area contributed by atoms with Crippen LogP contribution in [0.1, 0.15) is 30.4 Å². The van der Waals surface area contributed by atoms with Crippen molar-refractivity contribution in [3.05, 3.63) is 59.7 Å². The van der Waals surface area contributed by atoms with Crippen LogP contribution >= 0.6 is 0 Å². The summed E-state index contributed by atoms with van der Waals surface area (Å²) in [4.78, 5) is 48.4. The second-order valence-corrected chi connectivity index (χ2v) is 7.72. The first kappa shape index (κ1) is 23.8. The zero-order valence-corrected chi connectivity index (χ0v) is 18.5. The Morgan fingerprint density at radius 3 is 2.09 bits per heavy atom. The topological polar surface area (TPSA) is 125 Å². The minimum atomic E-state index is -1.11. The number of amides is 3. The molecule has 3 N–H and O–H groups in total. The number of ether oxygens (including phenoxy) is 1. The number of nitrogens with zero attached hydrogens (tertiary/aromatic N) is 1. The summed E-state index contributed by atoms with van der Waals surface area (Å²) in [6.07, 6.45) is -0.498. The Morgan fingerprint density at radius 2 is 1.55 bits per heavy atom. The van der Waals surface area contributed by atoms with E-state index in [9.17, 15) is 19.2 Å². The molecule has 1 aliphatic rings. The highest BCUT2D eigenvalue weighted by atomic mass is 16.5. The number of hydrogen-bond acceptors (Lipinski definition) is 5. The van der Waals surface area contributed by atoms with Crippen LogP contribution in [0.4, 0.5) is 4.79 Å². The number of fused-ring (bicyclic) bond motifs is 3. The molecule has 0 aliphatic heterocycles. The second-order valence-electron chi connectivity index (χ2n) is 7.72. The maximum atomic E-state index is 12.1. The molecule has 0 saturated heterocycles. The molecule has 9 heteroatoms. The van der Waals surface area contributed by atoms with Gasteiger partial charge in [0.25, 0.3) is 0 Å². The highest BCUT2D eigenvalue weighted by Gasteiger charge is 2.29. The third-order valence-electron chi connectivity index (χ3n) is 5.71. The van der Waals surface area contributed by atoms with Gasteiger partial charge >= 0.3 is 12.1 Å². The second kappa shape index (κ2) is 10.6. The lowest BCUT2D eigenvalue weighted by Crippen LogP contribution is -2.47. The number of benzene rings is 2. The molecule has 174 valence electrons. The van der Waals surface area contributed by atoms with Gasteiger partial charge in [0, 0.05) is 13.0 Å². The predicted molar refractivity (Wildman–Crippen MR) is 121 cm³/mol. The molecule has 0 bridgehead atoms. The monoisotopic (exact) mass is 453 g/mol. The van der Waals surface area contributed by atoms with Crippen molar-refractivity contribution in [2.75, 3.05) is 26.7 Å². The van der Waals surface area contributed by atoms with Crippen LogP contribution in [-0.2, 0) is 19.1 Å². The number of carboxylic acid groups (broad SMARTS) is 1. The largest absolute Gasteiger partial charge is 0.480 e. The van der Waals surface area contributed by atoms with Crippen LogP contribution in [0.5, 0.6) is 0 Å². The predicted octanol–water partition coefficient (Wildman–Crippen LogP) is 1.96. The summed E-state index contributed by atoms with van der Waals surface area (Å²) in [7, 11) is 1.37. The summed E-state index contributed by atoms with van der Waals surface area (Å²) in [5, 5.41) is 13.8. The number of carboxylic acids is 1. The van der Waals surface area contributed by atoms with E-state index in [-0.39, 0.29) is 32.0 Å². The van der Waals surface area contributed by atoms with Gasteiger partial charge in [0.2, 0.25) is 11.8 Å². The van der Waals surface area contributed by atoms with Crippen molar-refractivity contribution in [3.8, 4) is 11.1 Å². The lowest BCUT2D eigenvalue weighted by molar-refractivity contribution is -0.148. The van der Waals surface area contributed by atoms with Crippen molar-refractivity contribution in [3.63, 3.8) is 0 Å². The maximum absolute atomic E-state index is 12.1. The van der Waals surface area contributed by atoms with E-state index in [1.807, 2.05) is 48.5 Å². The highest BCUT2D eigenvalue weighted by molar-refractivity contribution is 5.89. The first-order valence-electron chi connectivity index (χ1n) is 10.7.